The molecule has 1 amide bonds. The summed E-state index contributed by atoms with van der Waals surface area (Å²) >= 11 is 0. The number of likely N-dealkylation sites (tertiary alicyclic amines) is 1. The van der Waals surface area contributed by atoms with Gasteiger partial charge in [0, 0.05) is 38.8 Å². The molecule has 8 nitrogen and oxygen atoms in total. The minimum Gasteiger partial charge on any atom is -0.450 e. The monoisotopic (exact) mass is 449 g/mol. The number of hydrogen-bond acceptors (Lipinski definition) is 5. The second kappa shape index (κ2) is 12.6. The van der Waals surface area contributed by atoms with Crippen LogP contribution in [0.25, 0.3) is 0 Å². The molecule has 1 unspecified atom stereocenters. The molecule has 178 valence electrons. The summed E-state index contributed by atoms with van der Waals surface area (Å²) in [6.45, 7) is 9.77. The van der Waals surface area contributed by atoms with E-state index < -0.39 is 0 Å². The van der Waals surface area contributed by atoms with Crippen molar-refractivity contribution in [3.63, 3.8) is 0 Å². The molecule has 0 aromatic heterocycles. The fourth-order valence-corrected chi connectivity index (χ4v) is 4.15. The number of amides is 1. The molecule has 0 spiro atoms. The van der Waals surface area contributed by atoms with E-state index in [0.29, 0.717) is 39.5 Å². The van der Waals surface area contributed by atoms with Crippen molar-refractivity contribution in [1.82, 2.24) is 20.4 Å². The number of morpholine rings is 1. The molecule has 2 N–H and O–H groups in total. The largest absolute Gasteiger partial charge is 0.450 e. The molecule has 0 bridgehead atoms. The van der Waals surface area contributed by atoms with Crippen molar-refractivity contribution in [3.8, 4) is 0 Å². The van der Waals surface area contributed by atoms with Gasteiger partial charge in [-0.2, -0.15) is 0 Å². The van der Waals surface area contributed by atoms with Crippen LogP contribution >= 0.6 is 0 Å². The first-order valence-electron chi connectivity index (χ1n) is 11.6. The summed E-state index contributed by atoms with van der Waals surface area (Å²) in [6.07, 6.45) is 1.43. The molecule has 2 fully saturated rings. The van der Waals surface area contributed by atoms with E-state index >= 15 is 0 Å². The van der Waals surface area contributed by atoms with Crippen LogP contribution in [0.1, 0.15) is 38.3 Å². The fourth-order valence-electron chi connectivity index (χ4n) is 4.15. The summed E-state index contributed by atoms with van der Waals surface area (Å²) in [5.74, 6) is 0.514. The molecule has 2 aliphatic heterocycles. The Labute approximate surface area is 190 Å². The highest BCUT2D eigenvalue weighted by Crippen LogP contribution is 2.23. The van der Waals surface area contributed by atoms with E-state index in [1.807, 2.05) is 19.9 Å². The molecule has 1 aromatic rings. The smallest absolute Gasteiger partial charge is 0.409 e. The Hall–Kier alpha value is -2.39. The number of hydrogen-bond donors (Lipinski definition) is 2. The Bertz CT molecular complexity index is 749. The summed E-state index contributed by atoms with van der Waals surface area (Å²) in [7, 11) is 0. The van der Waals surface area contributed by atoms with Crippen LogP contribution < -0.4 is 10.6 Å². The van der Waals surface area contributed by atoms with Crippen LogP contribution in [0.5, 0.6) is 0 Å². The van der Waals surface area contributed by atoms with Crippen LogP contribution in [0.3, 0.4) is 0 Å². The number of aliphatic imine (C=N–C) groups is 1. The molecule has 2 aliphatic rings. The summed E-state index contributed by atoms with van der Waals surface area (Å²) < 4.78 is 24.5. The Morgan fingerprint density at radius 2 is 2.00 bits per heavy atom. The highest BCUT2D eigenvalue weighted by molar-refractivity contribution is 5.80. The van der Waals surface area contributed by atoms with Gasteiger partial charge in [0.25, 0.3) is 0 Å². The number of guanidine groups is 1. The van der Waals surface area contributed by atoms with Crippen LogP contribution in [0.15, 0.2) is 29.3 Å². The highest BCUT2D eigenvalue weighted by Gasteiger charge is 2.25. The van der Waals surface area contributed by atoms with Crippen molar-refractivity contribution in [2.75, 3.05) is 59.1 Å². The predicted molar refractivity (Wildman–Crippen MR) is 122 cm³/mol. The van der Waals surface area contributed by atoms with Gasteiger partial charge in [-0.3, -0.25) is 9.89 Å². The van der Waals surface area contributed by atoms with Gasteiger partial charge in [0.15, 0.2) is 5.96 Å². The number of halogens is 1. The Morgan fingerprint density at radius 1 is 1.25 bits per heavy atom. The number of rotatable bonds is 7. The molecular weight excluding hydrogens is 413 g/mol. The van der Waals surface area contributed by atoms with E-state index in [1.54, 1.807) is 17.0 Å². The highest BCUT2D eigenvalue weighted by atomic mass is 19.1. The number of nitrogens with zero attached hydrogens (tertiary/aromatic N) is 3. The summed E-state index contributed by atoms with van der Waals surface area (Å²) in [6, 6.07) is 7.00. The lowest BCUT2D eigenvalue weighted by molar-refractivity contribution is 0.0179. The molecule has 1 aromatic carbocycles. The maximum absolute atomic E-state index is 13.9. The van der Waals surface area contributed by atoms with Gasteiger partial charge in [0.2, 0.25) is 0 Å². The van der Waals surface area contributed by atoms with Crippen LogP contribution in [-0.2, 0) is 9.47 Å². The maximum Gasteiger partial charge on any atom is 0.409 e. The number of benzene rings is 1. The molecule has 2 heterocycles. The average Bonchev–Trinajstić information content (AvgIpc) is 2.81. The predicted octanol–water partition coefficient (Wildman–Crippen LogP) is 2.38. The van der Waals surface area contributed by atoms with Crippen molar-refractivity contribution in [1.29, 1.82) is 0 Å². The molecule has 0 saturated carbocycles. The number of nitrogens with one attached hydrogen (secondary N) is 2. The normalized spacial score (nSPS) is 19.5. The van der Waals surface area contributed by atoms with Crippen LogP contribution in [0.2, 0.25) is 0 Å². The number of piperidine rings is 1. The number of carbonyl (C=O) groups excluding carboxylic acids is 1. The van der Waals surface area contributed by atoms with Crippen molar-refractivity contribution in [2.24, 2.45) is 4.99 Å². The van der Waals surface area contributed by atoms with Crippen LogP contribution in [0.4, 0.5) is 9.18 Å². The van der Waals surface area contributed by atoms with Crippen molar-refractivity contribution in [3.05, 3.63) is 35.6 Å². The second-order valence-electron chi connectivity index (χ2n) is 8.04. The van der Waals surface area contributed by atoms with Gasteiger partial charge in [-0.15, -0.1) is 0 Å². The van der Waals surface area contributed by atoms with Gasteiger partial charge in [0.05, 0.1) is 32.4 Å². The van der Waals surface area contributed by atoms with E-state index in [-0.39, 0.29) is 24.0 Å². The Morgan fingerprint density at radius 3 is 2.66 bits per heavy atom. The van der Waals surface area contributed by atoms with Gasteiger partial charge in [-0.1, -0.05) is 12.1 Å². The average molecular weight is 450 g/mol. The topological polar surface area (TPSA) is 78.4 Å². The third-order valence-corrected chi connectivity index (χ3v) is 5.85. The zero-order valence-corrected chi connectivity index (χ0v) is 19.2. The van der Waals surface area contributed by atoms with Gasteiger partial charge in [-0.25, -0.2) is 9.18 Å². The molecule has 0 aliphatic carbocycles. The molecule has 2 saturated heterocycles. The lowest BCUT2D eigenvalue weighted by atomic mass is 10.0. The molecule has 32 heavy (non-hydrogen) atoms. The zero-order chi connectivity index (χ0) is 22.8. The maximum atomic E-state index is 13.9. The molecule has 0 radical (unpaired) electrons. The van der Waals surface area contributed by atoms with E-state index in [9.17, 15) is 9.18 Å². The lowest BCUT2D eigenvalue weighted by Crippen LogP contribution is -2.50. The van der Waals surface area contributed by atoms with E-state index in [2.05, 4.69) is 15.5 Å². The zero-order valence-electron chi connectivity index (χ0n) is 19.2. The lowest BCUT2D eigenvalue weighted by Gasteiger charge is -2.34. The van der Waals surface area contributed by atoms with Crippen LogP contribution in [-0.4, -0.2) is 87.0 Å². The van der Waals surface area contributed by atoms with Gasteiger partial charge >= 0.3 is 6.09 Å². The van der Waals surface area contributed by atoms with E-state index in [4.69, 9.17) is 14.5 Å². The standard InChI is InChI=1S/C23H36FN5O3/c1-3-25-22(27-20-8-10-29(11-9-20)23(30)32-4-2)26-17-21(28-12-14-31-15-13-28)18-6-5-7-19(24)16-18/h5-7,16,20-21H,3-4,8-15,17H2,1-2H3,(H2,25,26,27). The second-order valence-corrected chi connectivity index (χ2v) is 8.04. The minimum absolute atomic E-state index is 0.0179. The molecular formula is C23H36FN5O3. The molecule has 1 atom stereocenters. The summed E-state index contributed by atoms with van der Waals surface area (Å²) in [5.41, 5.74) is 0.925. The summed E-state index contributed by atoms with van der Waals surface area (Å²) in [5, 5.41) is 6.83. The van der Waals surface area contributed by atoms with E-state index in [1.165, 1.54) is 6.07 Å². The first-order valence-corrected chi connectivity index (χ1v) is 11.6. The fraction of sp³-hybridized carbons (Fsp3) is 0.652. The first kappa shape index (κ1) is 24.3. The minimum atomic E-state index is -0.241. The Kier molecular flexibility index (Phi) is 9.55. The van der Waals surface area contributed by atoms with Gasteiger partial charge < -0.3 is 25.0 Å². The third-order valence-electron chi connectivity index (χ3n) is 5.85. The Balaban J connectivity index is 1.64. The number of carbonyl (C=O) groups is 1. The van der Waals surface area contributed by atoms with Crippen molar-refractivity contribution in [2.45, 2.75) is 38.8 Å². The van der Waals surface area contributed by atoms with Gasteiger partial charge in [0.1, 0.15) is 5.82 Å². The first-order chi connectivity index (χ1) is 15.6. The third kappa shape index (κ3) is 7.06. The molecule has 9 heteroatoms. The SMILES string of the molecule is CCNC(=NCC(c1cccc(F)c1)N1CCOCC1)NC1CCN(C(=O)OCC)CC1. The van der Waals surface area contributed by atoms with Crippen molar-refractivity contribution >= 4 is 12.1 Å². The van der Waals surface area contributed by atoms with Crippen LogP contribution in [0, 0.1) is 5.82 Å². The number of ether oxygens (including phenoxy) is 2. The quantitative estimate of drug-likeness (QED) is 0.492. The molecule has 3 rings (SSSR count). The van der Waals surface area contributed by atoms with Gasteiger partial charge in [-0.05, 0) is 44.4 Å². The van der Waals surface area contributed by atoms with Crippen molar-refractivity contribution < 1.29 is 18.7 Å². The van der Waals surface area contributed by atoms with E-state index in [0.717, 1.165) is 44.0 Å². The summed E-state index contributed by atoms with van der Waals surface area (Å²) in [4.78, 5) is 20.8.